The molecule has 1 aliphatic rings. The van der Waals surface area contributed by atoms with Crippen molar-refractivity contribution >= 4 is 11.4 Å². The number of pyridine rings is 1. The van der Waals surface area contributed by atoms with Crippen molar-refractivity contribution < 1.29 is 9.47 Å². The minimum atomic E-state index is 0.564. The lowest BCUT2D eigenvalue weighted by Crippen LogP contribution is -2.16. The Morgan fingerprint density at radius 1 is 1.20 bits per heavy atom. The van der Waals surface area contributed by atoms with Crippen molar-refractivity contribution in [3.8, 4) is 11.5 Å². The predicted octanol–water partition coefficient (Wildman–Crippen LogP) is 2.36. The van der Waals surface area contributed by atoms with Gasteiger partial charge in [-0.15, -0.1) is 0 Å². The predicted molar refractivity (Wildman–Crippen MR) is 78.1 cm³/mol. The maximum atomic E-state index is 6.02. The molecule has 5 nitrogen and oxygen atoms in total. The number of fused-ring (bicyclic) bond motifs is 1. The summed E-state index contributed by atoms with van der Waals surface area (Å²) in [5.74, 6) is 1.44. The van der Waals surface area contributed by atoms with Gasteiger partial charge >= 0.3 is 0 Å². The third kappa shape index (κ3) is 2.61. The second-order valence-electron chi connectivity index (χ2n) is 4.74. The first-order chi connectivity index (χ1) is 9.72. The van der Waals surface area contributed by atoms with Crippen molar-refractivity contribution in [2.45, 2.75) is 13.5 Å². The van der Waals surface area contributed by atoms with Gasteiger partial charge in [0.2, 0.25) is 0 Å². The lowest BCUT2D eigenvalue weighted by atomic mass is 10.2. The maximum absolute atomic E-state index is 6.02. The molecule has 0 atom stereocenters. The number of hydrogen-bond donors (Lipinski definition) is 2. The Morgan fingerprint density at radius 3 is 2.65 bits per heavy atom. The zero-order valence-corrected chi connectivity index (χ0v) is 11.3. The number of nitrogens with one attached hydrogen (secondary N) is 1. The van der Waals surface area contributed by atoms with Crippen molar-refractivity contribution in [2.24, 2.45) is 0 Å². The first kappa shape index (κ1) is 12.6. The normalized spacial score (nSPS) is 13.1. The van der Waals surface area contributed by atoms with E-state index >= 15 is 0 Å². The van der Waals surface area contributed by atoms with E-state index < -0.39 is 0 Å². The fraction of sp³-hybridized carbons (Fsp3) is 0.267. The van der Waals surface area contributed by atoms with E-state index in [0.717, 1.165) is 22.7 Å². The molecule has 0 amide bonds. The molecule has 2 aromatic rings. The van der Waals surface area contributed by atoms with Crippen molar-refractivity contribution in [3.63, 3.8) is 0 Å². The molecule has 5 heteroatoms. The number of ether oxygens (including phenoxy) is 2. The molecule has 3 rings (SSSR count). The standard InChI is InChI=1S/C15H17N3O2/c1-10-2-3-11(8-17-10)9-18-13-7-15-14(6-12(13)16)19-4-5-20-15/h2-3,6-8,18H,4-5,9,16H2,1H3. The first-order valence-electron chi connectivity index (χ1n) is 6.57. The molecule has 0 radical (unpaired) electrons. The van der Waals surface area contributed by atoms with E-state index in [1.807, 2.05) is 31.3 Å². The Labute approximate surface area is 117 Å². The molecule has 0 aliphatic carbocycles. The Kier molecular flexibility index (Phi) is 3.33. The average Bonchev–Trinajstić information content (AvgIpc) is 2.47. The number of nitrogen functional groups attached to an aromatic ring is 1. The van der Waals surface area contributed by atoms with E-state index in [4.69, 9.17) is 15.2 Å². The molecule has 0 unspecified atom stereocenters. The van der Waals surface area contributed by atoms with E-state index in [1.165, 1.54) is 0 Å². The molecule has 0 bridgehead atoms. The van der Waals surface area contributed by atoms with Crippen molar-refractivity contribution in [3.05, 3.63) is 41.7 Å². The van der Waals surface area contributed by atoms with Gasteiger partial charge in [-0.25, -0.2) is 0 Å². The van der Waals surface area contributed by atoms with E-state index in [-0.39, 0.29) is 0 Å². The van der Waals surface area contributed by atoms with E-state index in [2.05, 4.69) is 10.3 Å². The van der Waals surface area contributed by atoms with Crippen LogP contribution in [0.5, 0.6) is 11.5 Å². The van der Waals surface area contributed by atoms with Crippen LogP contribution in [0.15, 0.2) is 30.5 Å². The third-order valence-electron chi connectivity index (χ3n) is 3.17. The highest BCUT2D eigenvalue weighted by atomic mass is 16.6. The summed E-state index contributed by atoms with van der Waals surface area (Å²) in [6.07, 6.45) is 1.86. The molecule has 104 valence electrons. The highest BCUT2D eigenvalue weighted by molar-refractivity contribution is 5.72. The van der Waals surface area contributed by atoms with Gasteiger partial charge in [0, 0.05) is 30.6 Å². The Hall–Kier alpha value is -2.43. The number of benzene rings is 1. The van der Waals surface area contributed by atoms with Gasteiger partial charge in [-0.1, -0.05) is 6.07 Å². The molecule has 0 saturated carbocycles. The molecule has 1 aromatic carbocycles. The summed E-state index contributed by atoms with van der Waals surface area (Å²) in [6.45, 7) is 3.76. The van der Waals surface area contributed by atoms with Crippen LogP contribution in [0.2, 0.25) is 0 Å². The highest BCUT2D eigenvalue weighted by Crippen LogP contribution is 2.37. The fourth-order valence-electron chi connectivity index (χ4n) is 2.06. The number of aryl methyl sites for hydroxylation is 1. The molecule has 0 spiro atoms. The van der Waals surface area contributed by atoms with Crippen LogP contribution >= 0.6 is 0 Å². The van der Waals surface area contributed by atoms with Crippen LogP contribution in [0.25, 0.3) is 0 Å². The highest BCUT2D eigenvalue weighted by Gasteiger charge is 2.14. The monoisotopic (exact) mass is 271 g/mol. The van der Waals surface area contributed by atoms with E-state index in [9.17, 15) is 0 Å². The molecular formula is C15H17N3O2. The SMILES string of the molecule is Cc1ccc(CNc2cc3c(cc2N)OCCO3)cn1. The number of anilines is 2. The van der Waals surface area contributed by atoms with Crippen LogP contribution in [0, 0.1) is 6.92 Å². The van der Waals surface area contributed by atoms with Crippen LogP contribution in [-0.2, 0) is 6.54 Å². The van der Waals surface area contributed by atoms with Crippen molar-refractivity contribution in [1.29, 1.82) is 0 Å². The van der Waals surface area contributed by atoms with Crippen molar-refractivity contribution in [2.75, 3.05) is 24.3 Å². The number of nitrogens with two attached hydrogens (primary N) is 1. The minimum Gasteiger partial charge on any atom is -0.486 e. The lowest BCUT2D eigenvalue weighted by Gasteiger charge is -2.20. The van der Waals surface area contributed by atoms with Crippen LogP contribution < -0.4 is 20.5 Å². The van der Waals surface area contributed by atoms with E-state index in [0.29, 0.717) is 31.2 Å². The lowest BCUT2D eigenvalue weighted by molar-refractivity contribution is 0.172. The summed E-state index contributed by atoms with van der Waals surface area (Å²) in [7, 11) is 0. The van der Waals surface area contributed by atoms with Crippen LogP contribution in [-0.4, -0.2) is 18.2 Å². The Bertz CT molecular complexity index is 611. The second-order valence-corrected chi connectivity index (χ2v) is 4.74. The summed E-state index contributed by atoms with van der Waals surface area (Å²) >= 11 is 0. The van der Waals surface area contributed by atoms with Gasteiger partial charge in [-0.05, 0) is 18.6 Å². The third-order valence-corrected chi connectivity index (χ3v) is 3.17. The molecule has 1 aliphatic heterocycles. The quantitative estimate of drug-likeness (QED) is 0.839. The summed E-state index contributed by atoms with van der Waals surface area (Å²) in [4.78, 5) is 4.27. The van der Waals surface area contributed by atoms with Gasteiger partial charge < -0.3 is 20.5 Å². The van der Waals surface area contributed by atoms with Crippen LogP contribution in [0.1, 0.15) is 11.3 Å². The first-order valence-corrected chi connectivity index (χ1v) is 6.57. The Morgan fingerprint density at radius 2 is 1.95 bits per heavy atom. The van der Waals surface area contributed by atoms with Gasteiger partial charge in [-0.2, -0.15) is 0 Å². The fourth-order valence-corrected chi connectivity index (χ4v) is 2.06. The topological polar surface area (TPSA) is 69.4 Å². The number of nitrogens with zero attached hydrogens (tertiary/aromatic N) is 1. The molecule has 20 heavy (non-hydrogen) atoms. The van der Waals surface area contributed by atoms with E-state index in [1.54, 1.807) is 6.07 Å². The number of rotatable bonds is 3. The largest absolute Gasteiger partial charge is 0.486 e. The Balaban J connectivity index is 1.75. The zero-order valence-electron chi connectivity index (χ0n) is 11.3. The minimum absolute atomic E-state index is 0.564. The number of hydrogen-bond acceptors (Lipinski definition) is 5. The van der Waals surface area contributed by atoms with Crippen molar-refractivity contribution in [1.82, 2.24) is 4.98 Å². The molecule has 2 heterocycles. The summed E-state index contributed by atoms with van der Waals surface area (Å²) in [5, 5.41) is 3.30. The summed E-state index contributed by atoms with van der Waals surface area (Å²) < 4.78 is 11.0. The molecule has 0 saturated heterocycles. The molecule has 3 N–H and O–H groups in total. The second kappa shape index (κ2) is 5.28. The van der Waals surface area contributed by atoms with Gasteiger partial charge in [0.1, 0.15) is 13.2 Å². The molecular weight excluding hydrogens is 254 g/mol. The van der Waals surface area contributed by atoms with Gasteiger partial charge in [0.25, 0.3) is 0 Å². The van der Waals surface area contributed by atoms with Gasteiger partial charge in [0.05, 0.1) is 11.4 Å². The van der Waals surface area contributed by atoms with Gasteiger partial charge in [0.15, 0.2) is 11.5 Å². The molecule has 1 aromatic heterocycles. The molecule has 0 fully saturated rings. The van der Waals surface area contributed by atoms with Crippen LogP contribution in [0.4, 0.5) is 11.4 Å². The zero-order chi connectivity index (χ0) is 13.9. The smallest absolute Gasteiger partial charge is 0.163 e. The average molecular weight is 271 g/mol. The summed E-state index contributed by atoms with van der Waals surface area (Å²) in [6, 6.07) is 7.71. The maximum Gasteiger partial charge on any atom is 0.163 e. The van der Waals surface area contributed by atoms with Crippen LogP contribution in [0.3, 0.4) is 0 Å². The van der Waals surface area contributed by atoms with Gasteiger partial charge in [-0.3, -0.25) is 4.98 Å². The number of aromatic nitrogens is 1. The summed E-state index contributed by atoms with van der Waals surface area (Å²) in [5.41, 5.74) is 9.62.